The Morgan fingerprint density at radius 1 is 1.50 bits per heavy atom. The highest BCUT2D eigenvalue weighted by Gasteiger charge is 2.51. The van der Waals surface area contributed by atoms with Crippen molar-refractivity contribution in [3.05, 3.63) is 39.9 Å². The van der Waals surface area contributed by atoms with Crippen LogP contribution in [-0.4, -0.2) is 18.0 Å². The Hall–Kier alpha value is -1.42. The summed E-state index contributed by atoms with van der Waals surface area (Å²) >= 11 is 0. The Kier molecular flexibility index (Phi) is 3.39. The molecule has 0 aromatic heterocycles. The lowest BCUT2D eigenvalue weighted by Gasteiger charge is -2.54. The molecule has 4 heteroatoms. The molecule has 1 aliphatic carbocycles. The van der Waals surface area contributed by atoms with Gasteiger partial charge in [0.05, 0.1) is 4.92 Å². The van der Waals surface area contributed by atoms with E-state index < -0.39 is 0 Å². The maximum absolute atomic E-state index is 11.1. The number of hydrogen-bond donors (Lipinski definition) is 1. The number of nitro benzene ring substituents is 1. The van der Waals surface area contributed by atoms with Crippen LogP contribution in [-0.2, 0) is 0 Å². The van der Waals surface area contributed by atoms with E-state index in [0.717, 1.165) is 18.4 Å². The third-order valence-corrected chi connectivity index (χ3v) is 4.68. The lowest BCUT2D eigenvalue weighted by Crippen LogP contribution is -2.55. The molecule has 2 rings (SSSR count). The number of benzene rings is 1. The lowest BCUT2D eigenvalue weighted by molar-refractivity contribution is -0.386. The highest BCUT2D eigenvalue weighted by Crippen LogP contribution is 2.56. The van der Waals surface area contributed by atoms with Gasteiger partial charge < -0.3 is 5.32 Å². The number of rotatable bonds is 4. The van der Waals surface area contributed by atoms with E-state index in [1.807, 2.05) is 19.2 Å². The smallest absolute Gasteiger partial charge is 0.272 e. The standard InChI is InChI=1S/C14H20N2O2/c1-4-14(2)11(9-13(14)15-3)10-7-5-6-8-12(10)16(17)18/h5-8,11,13,15H,4,9H2,1-3H3. The highest BCUT2D eigenvalue weighted by molar-refractivity contribution is 5.45. The monoisotopic (exact) mass is 248 g/mol. The summed E-state index contributed by atoms with van der Waals surface area (Å²) in [6.45, 7) is 4.38. The third kappa shape index (κ3) is 1.81. The van der Waals surface area contributed by atoms with Gasteiger partial charge in [0.1, 0.15) is 0 Å². The lowest BCUT2D eigenvalue weighted by atomic mass is 9.54. The van der Waals surface area contributed by atoms with Crippen molar-refractivity contribution in [2.24, 2.45) is 5.41 Å². The summed E-state index contributed by atoms with van der Waals surface area (Å²) in [6.07, 6.45) is 2.00. The average molecular weight is 248 g/mol. The normalized spacial score (nSPS) is 30.8. The second kappa shape index (κ2) is 4.69. The van der Waals surface area contributed by atoms with E-state index in [1.54, 1.807) is 12.1 Å². The molecule has 0 saturated heterocycles. The van der Waals surface area contributed by atoms with E-state index in [2.05, 4.69) is 19.2 Å². The van der Waals surface area contributed by atoms with Crippen molar-refractivity contribution in [1.29, 1.82) is 0 Å². The third-order valence-electron chi connectivity index (χ3n) is 4.68. The molecule has 0 aliphatic heterocycles. The van der Waals surface area contributed by atoms with Crippen LogP contribution in [0.15, 0.2) is 24.3 Å². The van der Waals surface area contributed by atoms with Crippen LogP contribution in [0.25, 0.3) is 0 Å². The first kappa shape index (κ1) is 13.0. The maximum Gasteiger partial charge on any atom is 0.272 e. The summed E-state index contributed by atoms with van der Waals surface area (Å²) in [5, 5.41) is 14.4. The van der Waals surface area contributed by atoms with Crippen LogP contribution in [0.5, 0.6) is 0 Å². The van der Waals surface area contributed by atoms with Crippen LogP contribution in [0.2, 0.25) is 0 Å². The number of hydrogen-bond acceptors (Lipinski definition) is 3. The predicted molar refractivity (Wildman–Crippen MR) is 71.7 cm³/mol. The van der Waals surface area contributed by atoms with Gasteiger partial charge in [-0.3, -0.25) is 10.1 Å². The molecule has 1 saturated carbocycles. The van der Waals surface area contributed by atoms with E-state index in [1.165, 1.54) is 0 Å². The van der Waals surface area contributed by atoms with Crippen LogP contribution in [0.4, 0.5) is 5.69 Å². The molecule has 0 amide bonds. The van der Waals surface area contributed by atoms with Gasteiger partial charge in [-0.25, -0.2) is 0 Å². The molecule has 18 heavy (non-hydrogen) atoms. The Bertz CT molecular complexity index is 461. The molecule has 4 nitrogen and oxygen atoms in total. The van der Waals surface area contributed by atoms with Crippen molar-refractivity contribution >= 4 is 5.69 Å². The fraction of sp³-hybridized carbons (Fsp3) is 0.571. The number of nitrogens with zero attached hydrogens (tertiary/aromatic N) is 1. The van der Waals surface area contributed by atoms with E-state index in [0.29, 0.717) is 6.04 Å². The summed E-state index contributed by atoms with van der Waals surface area (Å²) in [7, 11) is 1.97. The van der Waals surface area contributed by atoms with Crippen LogP contribution < -0.4 is 5.32 Å². The molecule has 3 atom stereocenters. The minimum atomic E-state index is -0.266. The van der Waals surface area contributed by atoms with Crippen LogP contribution in [0.1, 0.15) is 38.2 Å². The minimum Gasteiger partial charge on any atom is -0.316 e. The molecule has 0 bridgehead atoms. The van der Waals surface area contributed by atoms with Crippen LogP contribution >= 0.6 is 0 Å². The van der Waals surface area contributed by atoms with Gasteiger partial charge in [0.25, 0.3) is 5.69 Å². The average Bonchev–Trinajstić information content (AvgIpc) is 2.37. The molecular weight excluding hydrogens is 228 g/mol. The summed E-state index contributed by atoms with van der Waals surface area (Å²) in [4.78, 5) is 10.8. The Morgan fingerprint density at radius 3 is 2.72 bits per heavy atom. The van der Waals surface area contributed by atoms with Gasteiger partial charge in [0.2, 0.25) is 0 Å². The summed E-state index contributed by atoms with van der Waals surface area (Å²) < 4.78 is 0. The minimum absolute atomic E-state index is 0.112. The van der Waals surface area contributed by atoms with Gasteiger partial charge in [0.15, 0.2) is 0 Å². The zero-order valence-corrected chi connectivity index (χ0v) is 11.1. The largest absolute Gasteiger partial charge is 0.316 e. The van der Waals surface area contributed by atoms with E-state index in [9.17, 15) is 10.1 Å². The first-order valence-corrected chi connectivity index (χ1v) is 6.45. The van der Waals surface area contributed by atoms with Crippen molar-refractivity contribution in [2.75, 3.05) is 7.05 Å². The van der Waals surface area contributed by atoms with Crippen LogP contribution in [0, 0.1) is 15.5 Å². The second-order valence-corrected chi connectivity index (χ2v) is 5.30. The Balaban J connectivity index is 2.37. The van der Waals surface area contributed by atoms with Gasteiger partial charge in [-0.05, 0) is 31.2 Å². The first-order valence-electron chi connectivity index (χ1n) is 6.45. The molecule has 0 spiro atoms. The van der Waals surface area contributed by atoms with Crippen molar-refractivity contribution in [3.63, 3.8) is 0 Å². The number of para-hydroxylation sites is 1. The molecular formula is C14H20N2O2. The predicted octanol–water partition coefficient (Wildman–Crippen LogP) is 3.09. The van der Waals surface area contributed by atoms with Gasteiger partial charge in [0, 0.05) is 17.7 Å². The van der Waals surface area contributed by atoms with E-state index in [4.69, 9.17) is 0 Å². The zero-order chi connectivity index (χ0) is 13.3. The Labute approximate surface area is 108 Å². The van der Waals surface area contributed by atoms with Crippen molar-refractivity contribution in [3.8, 4) is 0 Å². The summed E-state index contributed by atoms with van der Waals surface area (Å²) in [6, 6.07) is 7.60. The maximum atomic E-state index is 11.1. The molecule has 1 N–H and O–H groups in total. The molecule has 1 fully saturated rings. The van der Waals surface area contributed by atoms with Gasteiger partial charge in [-0.15, -0.1) is 0 Å². The summed E-state index contributed by atoms with van der Waals surface area (Å²) in [5.41, 5.74) is 1.26. The number of nitrogens with one attached hydrogen (secondary N) is 1. The first-order chi connectivity index (χ1) is 8.54. The molecule has 1 aromatic rings. The fourth-order valence-electron chi connectivity index (χ4n) is 3.23. The molecule has 3 unspecified atom stereocenters. The highest BCUT2D eigenvalue weighted by atomic mass is 16.6. The van der Waals surface area contributed by atoms with Gasteiger partial charge in [-0.2, -0.15) is 0 Å². The fourth-order valence-corrected chi connectivity index (χ4v) is 3.23. The van der Waals surface area contributed by atoms with Gasteiger partial charge >= 0.3 is 0 Å². The van der Waals surface area contributed by atoms with Crippen LogP contribution in [0.3, 0.4) is 0 Å². The zero-order valence-electron chi connectivity index (χ0n) is 11.1. The SMILES string of the molecule is CCC1(C)C(NC)CC1c1ccccc1[N+](=O)[O-]. The number of nitro groups is 1. The molecule has 98 valence electrons. The molecule has 0 radical (unpaired) electrons. The summed E-state index contributed by atoms with van der Waals surface area (Å²) in [5.74, 6) is 0.279. The molecule has 1 aliphatic rings. The van der Waals surface area contributed by atoms with E-state index in [-0.39, 0.29) is 21.9 Å². The van der Waals surface area contributed by atoms with Crippen molar-refractivity contribution in [1.82, 2.24) is 5.32 Å². The quantitative estimate of drug-likeness (QED) is 0.658. The second-order valence-electron chi connectivity index (χ2n) is 5.30. The van der Waals surface area contributed by atoms with E-state index >= 15 is 0 Å². The topological polar surface area (TPSA) is 55.2 Å². The van der Waals surface area contributed by atoms with Crippen molar-refractivity contribution in [2.45, 2.75) is 38.6 Å². The van der Waals surface area contributed by atoms with Gasteiger partial charge in [-0.1, -0.05) is 32.0 Å². The molecule has 0 heterocycles. The molecule has 1 aromatic carbocycles. The Morgan fingerprint density at radius 2 is 2.17 bits per heavy atom. The van der Waals surface area contributed by atoms with Crippen molar-refractivity contribution < 1.29 is 4.92 Å².